The van der Waals surface area contributed by atoms with Crippen molar-refractivity contribution in [2.75, 3.05) is 32.7 Å². The van der Waals surface area contributed by atoms with Gasteiger partial charge in [0.15, 0.2) is 0 Å². The standard InChI is InChI=1S/C22H32BrN3O4/c1-22(2,3)30-21(29)24-12-11-20(28)26-14-6-13-25(15-16-26)19(27)10-9-17-7-4-5-8-18(17)23/h4-5,7-8H,6,9-16H2,1-3H3,(H,24,29). The van der Waals surface area contributed by atoms with Gasteiger partial charge in [-0.3, -0.25) is 9.59 Å². The second kappa shape index (κ2) is 11.3. The van der Waals surface area contributed by atoms with Crippen LogP contribution < -0.4 is 5.32 Å². The van der Waals surface area contributed by atoms with E-state index in [4.69, 9.17) is 4.74 Å². The quantitative estimate of drug-likeness (QED) is 0.675. The van der Waals surface area contributed by atoms with E-state index in [1.165, 1.54) is 0 Å². The largest absolute Gasteiger partial charge is 0.444 e. The smallest absolute Gasteiger partial charge is 0.407 e. The Morgan fingerprint density at radius 3 is 2.20 bits per heavy atom. The van der Waals surface area contributed by atoms with E-state index >= 15 is 0 Å². The second-order valence-electron chi connectivity index (χ2n) is 8.39. The lowest BCUT2D eigenvalue weighted by atomic mass is 10.1. The van der Waals surface area contributed by atoms with Crippen LogP contribution in [0.25, 0.3) is 0 Å². The molecule has 3 amide bonds. The van der Waals surface area contributed by atoms with Gasteiger partial charge in [0.2, 0.25) is 11.8 Å². The summed E-state index contributed by atoms with van der Waals surface area (Å²) in [7, 11) is 0. The van der Waals surface area contributed by atoms with E-state index in [0.717, 1.165) is 16.5 Å². The summed E-state index contributed by atoms with van der Waals surface area (Å²) in [6.07, 6.45) is 1.60. The molecule has 7 nitrogen and oxygen atoms in total. The summed E-state index contributed by atoms with van der Waals surface area (Å²) in [5.74, 6) is 0.0974. The van der Waals surface area contributed by atoms with Crippen LogP contribution in [0.2, 0.25) is 0 Å². The molecule has 1 heterocycles. The summed E-state index contributed by atoms with van der Waals surface area (Å²) >= 11 is 3.52. The number of carbonyl (C=O) groups excluding carboxylic acids is 3. The Morgan fingerprint density at radius 1 is 1.00 bits per heavy atom. The highest BCUT2D eigenvalue weighted by atomic mass is 79.9. The van der Waals surface area contributed by atoms with E-state index in [1.54, 1.807) is 25.7 Å². The molecule has 1 aromatic rings. The normalized spacial score (nSPS) is 14.8. The molecule has 1 fully saturated rings. The topological polar surface area (TPSA) is 79.0 Å². The Bertz CT molecular complexity index is 748. The van der Waals surface area contributed by atoms with Crippen molar-refractivity contribution in [2.45, 2.75) is 52.1 Å². The molecule has 166 valence electrons. The molecular formula is C22H32BrN3O4. The van der Waals surface area contributed by atoms with Gasteiger partial charge in [-0.2, -0.15) is 0 Å². The molecule has 1 N–H and O–H groups in total. The van der Waals surface area contributed by atoms with Gasteiger partial charge in [-0.15, -0.1) is 0 Å². The molecule has 0 spiro atoms. The molecule has 0 radical (unpaired) electrons. The van der Waals surface area contributed by atoms with Crippen molar-refractivity contribution in [3.63, 3.8) is 0 Å². The maximum absolute atomic E-state index is 12.6. The molecular weight excluding hydrogens is 450 g/mol. The third-order valence-electron chi connectivity index (χ3n) is 4.77. The lowest BCUT2D eigenvalue weighted by Crippen LogP contribution is -2.39. The summed E-state index contributed by atoms with van der Waals surface area (Å²) < 4.78 is 6.18. The SMILES string of the molecule is CC(C)(C)OC(=O)NCCC(=O)N1CCCN(C(=O)CCc2ccccc2Br)CC1. The zero-order valence-corrected chi connectivity index (χ0v) is 19.7. The first kappa shape index (κ1) is 24.2. The first-order valence-electron chi connectivity index (χ1n) is 10.4. The summed E-state index contributed by atoms with van der Waals surface area (Å²) in [6, 6.07) is 7.93. The van der Waals surface area contributed by atoms with Crippen molar-refractivity contribution < 1.29 is 19.1 Å². The van der Waals surface area contributed by atoms with Crippen molar-refractivity contribution in [1.29, 1.82) is 0 Å². The van der Waals surface area contributed by atoms with E-state index in [1.807, 2.05) is 29.2 Å². The molecule has 0 unspecified atom stereocenters. The lowest BCUT2D eigenvalue weighted by molar-refractivity contribution is -0.133. The fraction of sp³-hybridized carbons (Fsp3) is 0.591. The summed E-state index contributed by atoms with van der Waals surface area (Å²) in [4.78, 5) is 40.4. The summed E-state index contributed by atoms with van der Waals surface area (Å²) in [5.41, 5.74) is 0.556. The Hall–Kier alpha value is -2.09. The number of hydrogen-bond donors (Lipinski definition) is 1. The van der Waals surface area contributed by atoms with Gasteiger partial charge in [0.1, 0.15) is 5.60 Å². The Labute approximate surface area is 187 Å². The number of rotatable bonds is 6. The minimum atomic E-state index is -0.564. The minimum Gasteiger partial charge on any atom is -0.444 e. The number of nitrogens with one attached hydrogen (secondary N) is 1. The van der Waals surface area contributed by atoms with Crippen LogP contribution in [0.4, 0.5) is 4.79 Å². The molecule has 1 aliphatic rings. The molecule has 2 rings (SSSR count). The number of alkyl carbamates (subject to hydrolysis) is 1. The van der Waals surface area contributed by atoms with Gasteiger partial charge >= 0.3 is 6.09 Å². The van der Waals surface area contributed by atoms with E-state index in [9.17, 15) is 14.4 Å². The Morgan fingerprint density at radius 2 is 1.60 bits per heavy atom. The van der Waals surface area contributed by atoms with Gasteiger partial charge in [0.05, 0.1) is 0 Å². The molecule has 30 heavy (non-hydrogen) atoms. The number of halogens is 1. The molecule has 1 aromatic carbocycles. The molecule has 0 aromatic heterocycles. The van der Waals surface area contributed by atoms with Gasteiger partial charge in [-0.1, -0.05) is 34.1 Å². The fourth-order valence-electron chi connectivity index (χ4n) is 3.26. The third kappa shape index (κ3) is 8.34. The first-order valence-corrected chi connectivity index (χ1v) is 11.2. The van der Waals surface area contributed by atoms with E-state index in [2.05, 4.69) is 21.2 Å². The monoisotopic (exact) mass is 481 g/mol. The maximum atomic E-state index is 12.6. The second-order valence-corrected chi connectivity index (χ2v) is 9.24. The average molecular weight is 482 g/mol. The van der Waals surface area contributed by atoms with Crippen LogP contribution in [-0.4, -0.2) is 66.0 Å². The zero-order valence-electron chi connectivity index (χ0n) is 18.1. The number of amides is 3. The van der Waals surface area contributed by atoms with Crippen LogP contribution >= 0.6 is 15.9 Å². The first-order chi connectivity index (χ1) is 14.2. The van der Waals surface area contributed by atoms with Crippen LogP contribution in [0.15, 0.2) is 28.7 Å². The van der Waals surface area contributed by atoms with Crippen LogP contribution in [0.1, 0.15) is 45.6 Å². The molecule has 8 heteroatoms. The van der Waals surface area contributed by atoms with Crippen molar-refractivity contribution >= 4 is 33.8 Å². The van der Waals surface area contributed by atoms with Gasteiger partial charge in [-0.05, 0) is 45.2 Å². The zero-order chi connectivity index (χ0) is 22.1. The number of carbonyl (C=O) groups is 3. The molecule has 0 atom stereocenters. The molecule has 0 aliphatic carbocycles. The van der Waals surface area contributed by atoms with Gasteiger partial charge in [0.25, 0.3) is 0 Å². The Kier molecular flexibility index (Phi) is 9.14. The van der Waals surface area contributed by atoms with Crippen LogP contribution in [0.5, 0.6) is 0 Å². The maximum Gasteiger partial charge on any atom is 0.407 e. The van der Waals surface area contributed by atoms with Crippen molar-refractivity contribution in [3.05, 3.63) is 34.3 Å². The van der Waals surface area contributed by atoms with E-state index < -0.39 is 11.7 Å². The van der Waals surface area contributed by atoms with Gasteiger partial charge in [0, 0.05) is 50.0 Å². The third-order valence-corrected chi connectivity index (χ3v) is 5.55. The van der Waals surface area contributed by atoms with Crippen molar-refractivity contribution in [2.24, 2.45) is 0 Å². The molecule has 0 bridgehead atoms. The lowest BCUT2D eigenvalue weighted by Gasteiger charge is -2.23. The van der Waals surface area contributed by atoms with E-state index in [-0.39, 0.29) is 24.8 Å². The van der Waals surface area contributed by atoms with Crippen molar-refractivity contribution in [3.8, 4) is 0 Å². The van der Waals surface area contributed by atoms with Crippen molar-refractivity contribution in [1.82, 2.24) is 15.1 Å². The van der Waals surface area contributed by atoms with Crippen LogP contribution in [0.3, 0.4) is 0 Å². The highest BCUT2D eigenvalue weighted by Gasteiger charge is 2.22. The van der Waals surface area contributed by atoms with E-state index in [0.29, 0.717) is 39.0 Å². The number of hydrogen-bond acceptors (Lipinski definition) is 4. The number of aryl methyl sites for hydroxylation is 1. The van der Waals surface area contributed by atoms with Gasteiger partial charge in [-0.25, -0.2) is 4.79 Å². The molecule has 0 saturated carbocycles. The minimum absolute atomic E-state index is 0.0198. The number of benzene rings is 1. The molecule has 1 aliphatic heterocycles. The number of nitrogens with zero attached hydrogens (tertiary/aromatic N) is 2. The highest BCUT2D eigenvalue weighted by molar-refractivity contribution is 9.10. The van der Waals surface area contributed by atoms with Gasteiger partial charge < -0.3 is 19.9 Å². The predicted octanol–water partition coefficient (Wildman–Crippen LogP) is 3.36. The number of ether oxygens (including phenoxy) is 1. The molecule has 1 saturated heterocycles. The average Bonchev–Trinajstić information content (AvgIpc) is 2.92. The fourth-order valence-corrected chi connectivity index (χ4v) is 3.74. The van der Waals surface area contributed by atoms with Crippen LogP contribution in [0, 0.1) is 0 Å². The van der Waals surface area contributed by atoms with Crippen LogP contribution in [-0.2, 0) is 20.7 Å². The summed E-state index contributed by atoms with van der Waals surface area (Å²) in [6.45, 7) is 7.96. The predicted molar refractivity (Wildman–Crippen MR) is 119 cm³/mol. The summed E-state index contributed by atoms with van der Waals surface area (Å²) in [5, 5.41) is 2.61. The highest BCUT2D eigenvalue weighted by Crippen LogP contribution is 2.18. The Balaban J connectivity index is 1.73.